The minimum atomic E-state index is -4.23. The monoisotopic (exact) mass is 400 g/mol. The Morgan fingerprint density at radius 1 is 1.15 bits per heavy atom. The smallest absolute Gasteiger partial charge is 0.357 e. The lowest BCUT2D eigenvalue weighted by atomic mass is 10.2. The molecule has 0 aromatic carbocycles. The molecule has 1 rings (SSSR count). The molecule has 0 aliphatic carbocycles. The third-order valence-electron chi connectivity index (χ3n) is 4.52. The molecular formula is C16H31F3N4O2S. The second-order valence-electron chi connectivity index (χ2n) is 7.41. The van der Waals surface area contributed by atoms with Crippen molar-refractivity contribution in [3.05, 3.63) is 0 Å². The van der Waals surface area contributed by atoms with Crippen molar-refractivity contribution in [1.82, 2.24) is 15.1 Å². The molecule has 0 amide bonds. The van der Waals surface area contributed by atoms with Crippen LogP contribution in [0, 0.1) is 0 Å². The molecule has 1 atom stereocenters. The van der Waals surface area contributed by atoms with Gasteiger partial charge in [0.15, 0.2) is 15.8 Å². The van der Waals surface area contributed by atoms with E-state index >= 15 is 0 Å². The van der Waals surface area contributed by atoms with E-state index in [1.807, 2.05) is 11.8 Å². The maximum absolute atomic E-state index is 12.8. The standard InChI is InChI=1S/C16H31F3N4O2S/c1-6-20-14(21-7-12-26(24,25)15(3,4)5)23-10-8-22(9-11-23)13(2)16(17,18)19/h13H,6-12H2,1-5H3,(H,20,21). The van der Waals surface area contributed by atoms with Crippen LogP contribution in [-0.2, 0) is 9.84 Å². The van der Waals surface area contributed by atoms with Gasteiger partial charge in [0.1, 0.15) is 6.04 Å². The molecule has 10 heteroatoms. The zero-order valence-corrected chi connectivity index (χ0v) is 17.0. The van der Waals surface area contributed by atoms with E-state index in [0.717, 1.165) is 0 Å². The number of guanidine groups is 1. The summed E-state index contributed by atoms with van der Waals surface area (Å²) >= 11 is 0. The highest BCUT2D eigenvalue weighted by atomic mass is 32.2. The predicted octanol–water partition coefficient (Wildman–Crippen LogP) is 1.73. The Morgan fingerprint density at radius 2 is 1.69 bits per heavy atom. The number of rotatable bonds is 5. The van der Waals surface area contributed by atoms with E-state index < -0.39 is 26.8 Å². The molecule has 0 spiro atoms. The Hall–Kier alpha value is -1.03. The number of hydrogen-bond acceptors (Lipinski definition) is 4. The molecule has 26 heavy (non-hydrogen) atoms. The summed E-state index contributed by atoms with van der Waals surface area (Å²) in [5.41, 5.74) is 0. The van der Waals surface area contributed by atoms with Gasteiger partial charge in [-0.3, -0.25) is 9.89 Å². The number of piperazine rings is 1. The largest absolute Gasteiger partial charge is 0.403 e. The van der Waals surface area contributed by atoms with Crippen LogP contribution in [0.5, 0.6) is 0 Å². The van der Waals surface area contributed by atoms with E-state index in [0.29, 0.717) is 25.6 Å². The fourth-order valence-corrected chi connectivity index (χ4v) is 3.48. The van der Waals surface area contributed by atoms with Crippen LogP contribution in [0.3, 0.4) is 0 Å². The molecule has 1 N–H and O–H groups in total. The molecule has 0 saturated carbocycles. The van der Waals surface area contributed by atoms with Crippen LogP contribution < -0.4 is 5.32 Å². The highest BCUT2D eigenvalue weighted by Crippen LogP contribution is 2.25. The summed E-state index contributed by atoms with van der Waals surface area (Å²) in [7, 11) is -3.26. The van der Waals surface area contributed by atoms with Gasteiger partial charge >= 0.3 is 6.18 Å². The Kier molecular flexibility index (Phi) is 7.76. The van der Waals surface area contributed by atoms with E-state index in [2.05, 4.69) is 10.3 Å². The molecule has 0 aromatic heterocycles. The van der Waals surface area contributed by atoms with Gasteiger partial charge in [-0.05, 0) is 34.6 Å². The van der Waals surface area contributed by atoms with Gasteiger partial charge in [-0.15, -0.1) is 0 Å². The van der Waals surface area contributed by atoms with Crippen molar-refractivity contribution in [3.63, 3.8) is 0 Å². The average Bonchev–Trinajstić information content (AvgIpc) is 2.51. The molecule has 6 nitrogen and oxygen atoms in total. The topological polar surface area (TPSA) is 65.0 Å². The van der Waals surface area contributed by atoms with E-state index in [-0.39, 0.29) is 25.4 Å². The summed E-state index contributed by atoms with van der Waals surface area (Å²) in [5, 5.41) is 3.09. The summed E-state index contributed by atoms with van der Waals surface area (Å²) < 4.78 is 62.0. The summed E-state index contributed by atoms with van der Waals surface area (Å²) in [5.74, 6) is 0.493. The van der Waals surface area contributed by atoms with Crippen LogP contribution in [-0.4, -0.2) is 86.2 Å². The van der Waals surface area contributed by atoms with Crippen LogP contribution >= 0.6 is 0 Å². The minimum Gasteiger partial charge on any atom is -0.357 e. The summed E-state index contributed by atoms with van der Waals surface area (Å²) in [6.45, 7) is 10.1. The van der Waals surface area contributed by atoms with Gasteiger partial charge in [-0.25, -0.2) is 8.42 Å². The van der Waals surface area contributed by atoms with Gasteiger partial charge in [-0.1, -0.05) is 0 Å². The Balaban J connectivity index is 2.69. The number of nitrogens with one attached hydrogen (secondary N) is 1. The van der Waals surface area contributed by atoms with Crippen LogP contribution in [0.15, 0.2) is 4.99 Å². The second kappa shape index (κ2) is 8.77. The van der Waals surface area contributed by atoms with Crippen molar-refractivity contribution in [2.75, 3.05) is 45.0 Å². The first-order chi connectivity index (χ1) is 11.8. The second-order valence-corrected chi connectivity index (χ2v) is 10.3. The summed E-state index contributed by atoms with van der Waals surface area (Å²) in [4.78, 5) is 7.65. The highest BCUT2D eigenvalue weighted by Gasteiger charge is 2.41. The number of hydrogen-bond donors (Lipinski definition) is 1. The Labute approximate surface area is 154 Å². The third kappa shape index (κ3) is 6.29. The summed E-state index contributed by atoms with van der Waals surface area (Å²) in [6.07, 6.45) is -4.23. The number of alkyl halides is 3. The number of halogens is 3. The average molecular weight is 401 g/mol. The molecule has 1 aliphatic heterocycles. The normalized spacial score (nSPS) is 19.5. The molecule has 0 bridgehead atoms. The Bertz CT molecular complexity index is 577. The van der Waals surface area contributed by atoms with Crippen LogP contribution in [0.25, 0.3) is 0 Å². The first kappa shape index (κ1) is 23.0. The fourth-order valence-electron chi connectivity index (χ4n) is 2.53. The molecule has 1 heterocycles. The number of aliphatic imine (C=N–C) groups is 1. The number of sulfone groups is 1. The molecule has 1 unspecified atom stereocenters. The van der Waals surface area contributed by atoms with Gasteiger partial charge < -0.3 is 10.2 Å². The van der Waals surface area contributed by atoms with E-state index in [1.165, 1.54) is 11.8 Å². The van der Waals surface area contributed by atoms with Gasteiger partial charge in [0.05, 0.1) is 17.0 Å². The van der Waals surface area contributed by atoms with Gasteiger partial charge in [0.2, 0.25) is 0 Å². The number of nitrogens with zero attached hydrogens (tertiary/aromatic N) is 3. The molecule has 154 valence electrons. The zero-order chi connectivity index (χ0) is 20.2. The molecular weight excluding hydrogens is 369 g/mol. The van der Waals surface area contributed by atoms with E-state index in [9.17, 15) is 21.6 Å². The predicted molar refractivity (Wildman–Crippen MR) is 98.2 cm³/mol. The van der Waals surface area contributed by atoms with Crippen molar-refractivity contribution < 1.29 is 21.6 Å². The van der Waals surface area contributed by atoms with Crippen molar-refractivity contribution in [1.29, 1.82) is 0 Å². The molecule has 0 radical (unpaired) electrons. The van der Waals surface area contributed by atoms with Gasteiger partial charge in [-0.2, -0.15) is 13.2 Å². The maximum Gasteiger partial charge on any atom is 0.403 e. The summed E-state index contributed by atoms with van der Waals surface area (Å²) in [6, 6.07) is -1.47. The lowest BCUT2D eigenvalue weighted by Gasteiger charge is -2.39. The van der Waals surface area contributed by atoms with Crippen molar-refractivity contribution in [2.45, 2.75) is 51.6 Å². The molecule has 1 aliphatic rings. The van der Waals surface area contributed by atoms with Gasteiger partial charge in [0, 0.05) is 32.7 Å². The van der Waals surface area contributed by atoms with Crippen LogP contribution in [0.4, 0.5) is 13.2 Å². The fraction of sp³-hybridized carbons (Fsp3) is 0.938. The minimum absolute atomic E-state index is 0.0591. The quantitative estimate of drug-likeness (QED) is 0.563. The molecule has 1 saturated heterocycles. The molecule has 0 aromatic rings. The lowest BCUT2D eigenvalue weighted by Crippen LogP contribution is -2.56. The third-order valence-corrected chi connectivity index (χ3v) is 7.11. The lowest BCUT2D eigenvalue weighted by molar-refractivity contribution is -0.181. The zero-order valence-electron chi connectivity index (χ0n) is 16.2. The van der Waals surface area contributed by atoms with Crippen molar-refractivity contribution >= 4 is 15.8 Å². The van der Waals surface area contributed by atoms with Crippen LogP contribution in [0.1, 0.15) is 34.6 Å². The SMILES string of the molecule is CCNC(=NCCS(=O)(=O)C(C)(C)C)N1CCN(C(C)C(F)(F)F)CC1. The van der Waals surface area contributed by atoms with E-state index in [1.54, 1.807) is 20.8 Å². The maximum atomic E-state index is 12.8. The van der Waals surface area contributed by atoms with Crippen LogP contribution in [0.2, 0.25) is 0 Å². The van der Waals surface area contributed by atoms with Crippen molar-refractivity contribution in [2.24, 2.45) is 4.99 Å². The van der Waals surface area contributed by atoms with E-state index in [4.69, 9.17) is 0 Å². The highest BCUT2D eigenvalue weighted by molar-refractivity contribution is 7.92. The van der Waals surface area contributed by atoms with Gasteiger partial charge in [0.25, 0.3) is 0 Å². The first-order valence-electron chi connectivity index (χ1n) is 8.86. The Morgan fingerprint density at radius 3 is 2.12 bits per heavy atom. The van der Waals surface area contributed by atoms with Crippen molar-refractivity contribution in [3.8, 4) is 0 Å². The first-order valence-corrected chi connectivity index (χ1v) is 10.5. The molecule has 1 fully saturated rings.